The van der Waals surface area contributed by atoms with Gasteiger partial charge < -0.3 is 28.4 Å². The Balaban J connectivity index is 0.00000218. The zero-order valence-electron chi connectivity index (χ0n) is 17.0. The molecule has 0 saturated carbocycles. The molecule has 1 unspecified atom stereocenters. The van der Waals surface area contributed by atoms with Crippen molar-refractivity contribution in [2.75, 3.05) is 0 Å². The van der Waals surface area contributed by atoms with Gasteiger partial charge in [-0.05, 0) is 24.6 Å². The quantitative estimate of drug-likeness (QED) is 0.255. The van der Waals surface area contributed by atoms with Crippen LogP contribution in [0.15, 0.2) is 95.9 Å². The average Bonchev–Trinajstić information content (AvgIpc) is 3.38. The zero-order chi connectivity index (χ0) is 19.6. The van der Waals surface area contributed by atoms with Crippen molar-refractivity contribution in [3.63, 3.8) is 0 Å². The molecular weight excluding hydrogens is 483 g/mol. The van der Waals surface area contributed by atoms with E-state index in [2.05, 4.69) is 95.4 Å². The van der Waals surface area contributed by atoms with Crippen LogP contribution in [0.2, 0.25) is 0 Å². The molecule has 0 radical (unpaired) electrons. The Morgan fingerprint density at radius 2 is 1.63 bits per heavy atom. The number of imidazole rings is 1. The Kier molecular flexibility index (Phi) is 6.23. The molecule has 0 aliphatic carbocycles. The van der Waals surface area contributed by atoms with Crippen LogP contribution in [0, 0.1) is 0 Å². The number of hydrogen-bond acceptors (Lipinski definition) is 1. The van der Waals surface area contributed by atoms with Crippen LogP contribution in [-0.4, -0.2) is 4.57 Å². The van der Waals surface area contributed by atoms with Gasteiger partial charge in [-0.2, -0.15) is 0 Å². The number of benzene rings is 3. The topological polar surface area (TPSA) is 21.9 Å². The minimum atomic E-state index is 0. The first kappa shape index (κ1) is 20.7. The van der Waals surface area contributed by atoms with Gasteiger partial charge in [0.05, 0.1) is 6.54 Å². The van der Waals surface area contributed by atoms with Crippen LogP contribution in [0.4, 0.5) is 0 Å². The summed E-state index contributed by atoms with van der Waals surface area (Å²) in [6.45, 7) is 3.28. The fourth-order valence-electron chi connectivity index (χ4n) is 4.12. The first-order valence-corrected chi connectivity index (χ1v) is 10.4. The molecule has 30 heavy (non-hydrogen) atoms. The predicted octanol–water partition coefficient (Wildman–Crippen LogP) is 3.12. The van der Waals surface area contributed by atoms with Crippen LogP contribution in [0.3, 0.4) is 0 Å². The number of para-hydroxylation sites is 1. The van der Waals surface area contributed by atoms with Crippen LogP contribution in [-0.2, 0) is 6.54 Å². The van der Waals surface area contributed by atoms with Gasteiger partial charge in [-0.1, -0.05) is 67.9 Å². The maximum Gasteiger partial charge on any atom is 0.244 e. The van der Waals surface area contributed by atoms with Crippen molar-refractivity contribution in [3.05, 3.63) is 103 Å². The predicted molar refractivity (Wildman–Crippen MR) is 117 cm³/mol. The molecule has 0 saturated heterocycles. The van der Waals surface area contributed by atoms with E-state index in [1.807, 2.05) is 12.1 Å². The molecule has 0 fully saturated rings. The van der Waals surface area contributed by atoms with E-state index in [-0.39, 0.29) is 30.0 Å². The third kappa shape index (κ3) is 3.88. The Morgan fingerprint density at radius 3 is 2.47 bits per heavy atom. The lowest BCUT2D eigenvalue weighted by molar-refractivity contribution is -0.696. The highest BCUT2D eigenvalue weighted by Gasteiger charge is 2.22. The minimum Gasteiger partial charge on any atom is -1.00 e. The second-order valence-corrected chi connectivity index (χ2v) is 7.62. The molecule has 2 aromatic heterocycles. The molecule has 0 aliphatic rings. The molecule has 5 aromatic rings. The molecule has 2 heterocycles. The summed E-state index contributed by atoms with van der Waals surface area (Å²) in [4.78, 5) is 0. The van der Waals surface area contributed by atoms with E-state index >= 15 is 0 Å². The van der Waals surface area contributed by atoms with Crippen LogP contribution in [0.5, 0.6) is 0 Å². The van der Waals surface area contributed by atoms with E-state index in [4.69, 9.17) is 4.42 Å². The number of aryl methyl sites for hydroxylation is 1. The summed E-state index contributed by atoms with van der Waals surface area (Å²) in [6.07, 6.45) is 8.98. The number of hydrogen-bond donors (Lipinski definition) is 0. The number of fused-ring (bicyclic) bond motifs is 3. The molecule has 4 heteroatoms. The number of aromatic nitrogens is 2. The molecule has 3 aromatic carbocycles. The van der Waals surface area contributed by atoms with Crippen LogP contribution >= 0.6 is 0 Å². The molecule has 0 amide bonds. The van der Waals surface area contributed by atoms with Crippen molar-refractivity contribution < 1.29 is 33.0 Å². The van der Waals surface area contributed by atoms with Crippen LogP contribution in [0.25, 0.3) is 21.9 Å². The molecule has 3 nitrogen and oxygen atoms in total. The van der Waals surface area contributed by atoms with Gasteiger partial charge in [-0.25, -0.2) is 9.13 Å². The van der Waals surface area contributed by atoms with Gasteiger partial charge in [0.15, 0.2) is 6.04 Å². The molecular formula is C26H25IN2O. The molecule has 1 atom stereocenters. The summed E-state index contributed by atoms with van der Waals surface area (Å²) < 4.78 is 10.6. The van der Waals surface area contributed by atoms with E-state index in [0.29, 0.717) is 0 Å². The Morgan fingerprint density at radius 1 is 0.867 bits per heavy atom. The second kappa shape index (κ2) is 9.04. The molecule has 5 rings (SSSR count). The van der Waals surface area contributed by atoms with Gasteiger partial charge in [-0.3, -0.25) is 0 Å². The molecule has 0 N–H and O–H groups in total. The van der Waals surface area contributed by atoms with Crippen molar-refractivity contribution in [2.45, 2.75) is 32.4 Å². The van der Waals surface area contributed by atoms with Crippen molar-refractivity contribution >= 4 is 21.9 Å². The second-order valence-electron chi connectivity index (χ2n) is 7.62. The van der Waals surface area contributed by atoms with Crippen molar-refractivity contribution in [1.82, 2.24) is 4.57 Å². The van der Waals surface area contributed by atoms with E-state index in [1.165, 1.54) is 34.7 Å². The fraction of sp³-hybridized carbons (Fsp3) is 0.192. The normalized spacial score (nSPS) is 12.2. The summed E-state index contributed by atoms with van der Waals surface area (Å²) in [5, 5.41) is 2.34. The largest absolute Gasteiger partial charge is 1.00 e. The van der Waals surface area contributed by atoms with E-state index in [1.54, 1.807) is 0 Å². The highest BCUT2D eigenvalue weighted by Crippen LogP contribution is 2.33. The number of nitrogens with zero attached hydrogens (tertiary/aromatic N) is 2. The van der Waals surface area contributed by atoms with Crippen molar-refractivity contribution in [2.24, 2.45) is 0 Å². The summed E-state index contributed by atoms with van der Waals surface area (Å²) in [6, 6.07) is 25.7. The van der Waals surface area contributed by atoms with Crippen LogP contribution in [0.1, 0.15) is 36.9 Å². The lowest BCUT2D eigenvalue weighted by Crippen LogP contribution is -3.00. The number of unbranched alkanes of at least 4 members (excludes halogenated alkanes) is 1. The molecule has 152 valence electrons. The van der Waals surface area contributed by atoms with E-state index in [0.717, 1.165) is 17.7 Å². The summed E-state index contributed by atoms with van der Waals surface area (Å²) in [7, 11) is 0. The number of rotatable bonds is 6. The molecule has 0 aliphatic heterocycles. The molecule has 0 spiro atoms. The summed E-state index contributed by atoms with van der Waals surface area (Å²) >= 11 is 0. The Hall–Kier alpha value is -2.60. The Labute approximate surface area is 194 Å². The number of furan rings is 1. The van der Waals surface area contributed by atoms with Crippen LogP contribution < -0.4 is 28.5 Å². The first-order valence-electron chi connectivity index (χ1n) is 10.4. The molecule has 0 bridgehead atoms. The van der Waals surface area contributed by atoms with E-state index < -0.39 is 0 Å². The fourth-order valence-corrected chi connectivity index (χ4v) is 4.12. The maximum atomic E-state index is 6.04. The lowest BCUT2D eigenvalue weighted by Gasteiger charge is -2.15. The van der Waals surface area contributed by atoms with Gasteiger partial charge in [0.1, 0.15) is 23.6 Å². The minimum absolute atomic E-state index is 0. The van der Waals surface area contributed by atoms with Gasteiger partial charge in [0.2, 0.25) is 6.33 Å². The highest BCUT2D eigenvalue weighted by atomic mass is 127. The highest BCUT2D eigenvalue weighted by molar-refractivity contribution is 6.05. The van der Waals surface area contributed by atoms with Gasteiger partial charge in [0.25, 0.3) is 0 Å². The summed E-state index contributed by atoms with van der Waals surface area (Å²) in [5.41, 5.74) is 4.41. The van der Waals surface area contributed by atoms with E-state index in [9.17, 15) is 0 Å². The SMILES string of the molecule is CCCC[n+]1ccn(C(c2ccccc2)c2ccc3oc4ccccc4c3c2)c1.[I-]. The standard InChI is InChI=1S/C26H25N2O.HI/c1-2-3-15-27-16-17-28(19-27)26(20-9-5-4-6-10-20)21-13-14-25-23(18-21)22-11-7-8-12-24(22)29-25;/h4-14,16-19,26H,2-3,15H2,1H3;1H/q+1;/p-1. The Bertz CT molecular complexity index is 1260. The first-order chi connectivity index (χ1) is 14.3. The van der Waals surface area contributed by atoms with Gasteiger partial charge in [0, 0.05) is 21.9 Å². The third-order valence-electron chi connectivity index (χ3n) is 5.61. The monoisotopic (exact) mass is 508 g/mol. The lowest BCUT2D eigenvalue weighted by atomic mass is 9.97. The van der Waals surface area contributed by atoms with Gasteiger partial charge >= 0.3 is 0 Å². The third-order valence-corrected chi connectivity index (χ3v) is 5.61. The van der Waals surface area contributed by atoms with Crippen molar-refractivity contribution in [3.8, 4) is 0 Å². The average molecular weight is 508 g/mol. The van der Waals surface area contributed by atoms with Gasteiger partial charge in [-0.15, -0.1) is 0 Å². The van der Waals surface area contributed by atoms with Crippen molar-refractivity contribution in [1.29, 1.82) is 0 Å². The number of halogens is 1. The maximum absolute atomic E-state index is 6.04. The zero-order valence-corrected chi connectivity index (χ0v) is 19.2. The smallest absolute Gasteiger partial charge is 0.244 e. The summed E-state index contributed by atoms with van der Waals surface area (Å²) in [5.74, 6) is 0.